The Kier molecular flexibility index (Phi) is 10.3. The van der Waals surface area contributed by atoms with E-state index in [-0.39, 0.29) is 40.5 Å². The molecular formula is C33H43NO6S3. The molecule has 1 aliphatic rings. The molecule has 7 nitrogen and oxygen atoms in total. The van der Waals surface area contributed by atoms with E-state index in [4.69, 9.17) is 0 Å². The average molecular weight is 646 g/mol. The molecule has 43 heavy (non-hydrogen) atoms. The van der Waals surface area contributed by atoms with Crippen LogP contribution in [0.25, 0.3) is 0 Å². The molecule has 234 valence electrons. The summed E-state index contributed by atoms with van der Waals surface area (Å²) in [4.78, 5) is 0.440. The largest absolute Gasteiger partial charge is 0.243 e. The van der Waals surface area contributed by atoms with Crippen molar-refractivity contribution in [2.24, 2.45) is 5.92 Å². The number of nitrogens with zero attached hydrogens (tertiary/aromatic N) is 1. The van der Waals surface area contributed by atoms with E-state index in [1.807, 2.05) is 34.6 Å². The van der Waals surface area contributed by atoms with E-state index in [1.54, 1.807) is 72.8 Å². The van der Waals surface area contributed by atoms with E-state index in [0.717, 1.165) is 16.7 Å². The standard InChI is InChI=1S/C33H43NO6S3/c1-6-27-22-32(41(35,36)29-14-8-24(3)9-15-29)23-28(7-2)34(43(39,40)31-18-12-26(5)13-19-31)21-20-33(27)42(37,38)30-16-10-25(4)11-17-30/h8-19,27-28,32-33H,6-7,20-23H2,1-5H3. The number of sulfone groups is 2. The summed E-state index contributed by atoms with van der Waals surface area (Å²) in [7, 11) is -11.9. The number of benzene rings is 3. The number of aryl methyl sites for hydroxylation is 3. The topological polar surface area (TPSA) is 106 Å². The van der Waals surface area contributed by atoms with Gasteiger partial charge in [-0.05, 0) is 88.8 Å². The van der Waals surface area contributed by atoms with Gasteiger partial charge in [0.15, 0.2) is 19.7 Å². The van der Waals surface area contributed by atoms with E-state index >= 15 is 0 Å². The average Bonchev–Trinajstić information content (AvgIpc) is 3.05. The third kappa shape index (κ3) is 7.08. The Morgan fingerprint density at radius 3 is 1.49 bits per heavy atom. The summed E-state index contributed by atoms with van der Waals surface area (Å²) in [6.45, 7) is 9.34. The van der Waals surface area contributed by atoms with Gasteiger partial charge < -0.3 is 0 Å². The van der Waals surface area contributed by atoms with E-state index in [1.165, 1.54) is 4.31 Å². The van der Waals surface area contributed by atoms with Gasteiger partial charge >= 0.3 is 0 Å². The van der Waals surface area contributed by atoms with Crippen LogP contribution in [-0.2, 0) is 29.7 Å². The molecule has 0 amide bonds. The molecule has 4 rings (SSSR count). The van der Waals surface area contributed by atoms with Gasteiger partial charge in [-0.2, -0.15) is 4.31 Å². The summed E-state index contributed by atoms with van der Waals surface area (Å²) < 4.78 is 86.5. The fourth-order valence-corrected chi connectivity index (χ4v) is 11.8. The smallest absolute Gasteiger partial charge is 0.223 e. The molecule has 0 aliphatic carbocycles. The van der Waals surface area contributed by atoms with Crippen LogP contribution in [-0.4, -0.2) is 52.6 Å². The second-order valence-corrected chi connectivity index (χ2v) is 18.1. The van der Waals surface area contributed by atoms with Crippen molar-refractivity contribution in [1.29, 1.82) is 0 Å². The lowest BCUT2D eigenvalue weighted by Crippen LogP contribution is -2.43. The lowest BCUT2D eigenvalue weighted by atomic mass is 9.93. The zero-order valence-corrected chi connectivity index (χ0v) is 28.1. The molecule has 4 unspecified atom stereocenters. The zero-order valence-electron chi connectivity index (χ0n) is 25.6. The Morgan fingerprint density at radius 2 is 1.05 bits per heavy atom. The summed E-state index contributed by atoms with van der Waals surface area (Å²) in [6.07, 6.45) is 1.09. The van der Waals surface area contributed by atoms with Crippen LogP contribution < -0.4 is 0 Å². The van der Waals surface area contributed by atoms with Crippen molar-refractivity contribution in [2.45, 2.75) is 98.0 Å². The molecule has 0 bridgehead atoms. The first kappa shape index (κ1) is 33.4. The maximum Gasteiger partial charge on any atom is 0.243 e. The normalized spacial score (nSPS) is 22.8. The highest BCUT2D eigenvalue weighted by Crippen LogP contribution is 2.38. The van der Waals surface area contributed by atoms with Gasteiger partial charge in [-0.1, -0.05) is 73.4 Å². The number of hydrogen-bond donors (Lipinski definition) is 0. The van der Waals surface area contributed by atoms with E-state index < -0.39 is 52.2 Å². The van der Waals surface area contributed by atoms with Crippen LogP contribution in [0.2, 0.25) is 0 Å². The first-order chi connectivity index (χ1) is 20.2. The molecule has 0 saturated carbocycles. The lowest BCUT2D eigenvalue weighted by molar-refractivity contribution is 0.294. The van der Waals surface area contributed by atoms with Crippen LogP contribution >= 0.6 is 0 Å². The van der Waals surface area contributed by atoms with Crippen molar-refractivity contribution in [3.05, 3.63) is 89.5 Å². The Balaban J connectivity index is 1.88. The fourth-order valence-electron chi connectivity index (χ4n) is 6.13. The summed E-state index contributed by atoms with van der Waals surface area (Å²) in [5, 5.41) is -1.92. The summed E-state index contributed by atoms with van der Waals surface area (Å²) >= 11 is 0. The van der Waals surface area contributed by atoms with Gasteiger partial charge in [0.05, 0.1) is 25.2 Å². The minimum Gasteiger partial charge on any atom is -0.223 e. The van der Waals surface area contributed by atoms with Crippen LogP contribution in [0.15, 0.2) is 87.5 Å². The van der Waals surface area contributed by atoms with E-state index in [9.17, 15) is 25.3 Å². The maximum atomic E-state index is 14.2. The first-order valence-electron chi connectivity index (χ1n) is 14.9. The molecule has 0 N–H and O–H groups in total. The second kappa shape index (κ2) is 13.2. The van der Waals surface area contributed by atoms with Gasteiger partial charge in [-0.15, -0.1) is 0 Å². The van der Waals surface area contributed by atoms with Crippen molar-refractivity contribution in [2.75, 3.05) is 6.54 Å². The highest BCUT2D eigenvalue weighted by molar-refractivity contribution is 7.92. The third-order valence-corrected chi connectivity index (χ3v) is 15.3. The molecule has 0 aromatic heterocycles. The second-order valence-electron chi connectivity index (χ2n) is 11.8. The predicted molar refractivity (Wildman–Crippen MR) is 171 cm³/mol. The number of sulfonamides is 1. The maximum absolute atomic E-state index is 14.2. The molecule has 4 atom stereocenters. The highest BCUT2D eigenvalue weighted by Gasteiger charge is 2.43. The number of rotatable bonds is 8. The Hall–Kier alpha value is -2.53. The van der Waals surface area contributed by atoms with Gasteiger partial charge in [0, 0.05) is 12.6 Å². The van der Waals surface area contributed by atoms with E-state index in [2.05, 4.69) is 0 Å². The summed E-state index contributed by atoms with van der Waals surface area (Å²) in [6, 6.07) is 19.3. The van der Waals surface area contributed by atoms with Crippen LogP contribution in [0.5, 0.6) is 0 Å². The minimum atomic E-state index is -4.05. The van der Waals surface area contributed by atoms with Crippen LogP contribution in [0.3, 0.4) is 0 Å². The predicted octanol–water partition coefficient (Wildman–Crippen LogP) is 6.28. The van der Waals surface area contributed by atoms with Crippen LogP contribution in [0.4, 0.5) is 0 Å². The Bertz CT molecular complexity index is 1620. The van der Waals surface area contributed by atoms with Gasteiger partial charge in [0.2, 0.25) is 10.0 Å². The van der Waals surface area contributed by atoms with Crippen LogP contribution in [0.1, 0.15) is 62.6 Å². The Morgan fingerprint density at radius 1 is 0.605 bits per heavy atom. The van der Waals surface area contributed by atoms with Crippen molar-refractivity contribution in [3.8, 4) is 0 Å². The van der Waals surface area contributed by atoms with Crippen molar-refractivity contribution in [3.63, 3.8) is 0 Å². The number of hydrogen-bond acceptors (Lipinski definition) is 6. The Labute approximate surface area is 258 Å². The summed E-state index contributed by atoms with van der Waals surface area (Å²) in [5.41, 5.74) is 2.76. The fraction of sp³-hybridized carbons (Fsp3) is 0.455. The molecule has 3 aromatic rings. The molecule has 1 heterocycles. The molecule has 0 radical (unpaired) electrons. The van der Waals surface area contributed by atoms with Crippen molar-refractivity contribution in [1.82, 2.24) is 4.31 Å². The van der Waals surface area contributed by atoms with Gasteiger partial charge in [-0.3, -0.25) is 0 Å². The SMILES string of the molecule is CCC1CC(S(=O)(=O)c2ccc(C)cc2)CC(CC)N(S(=O)(=O)c2ccc(C)cc2)CCC1S(=O)(=O)c1ccc(C)cc1. The monoisotopic (exact) mass is 645 g/mol. The van der Waals surface area contributed by atoms with Gasteiger partial charge in [0.25, 0.3) is 0 Å². The van der Waals surface area contributed by atoms with Gasteiger partial charge in [0.1, 0.15) is 0 Å². The van der Waals surface area contributed by atoms with E-state index in [0.29, 0.717) is 12.8 Å². The molecule has 10 heteroatoms. The van der Waals surface area contributed by atoms with Gasteiger partial charge in [-0.25, -0.2) is 25.3 Å². The first-order valence-corrected chi connectivity index (χ1v) is 19.4. The lowest BCUT2D eigenvalue weighted by Gasteiger charge is -2.32. The van der Waals surface area contributed by atoms with Crippen LogP contribution in [0, 0.1) is 26.7 Å². The van der Waals surface area contributed by atoms with Crippen molar-refractivity contribution < 1.29 is 25.3 Å². The zero-order chi connectivity index (χ0) is 31.6. The minimum absolute atomic E-state index is 0.0295. The third-order valence-electron chi connectivity index (χ3n) is 8.83. The molecular weight excluding hydrogens is 603 g/mol. The highest BCUT2D eigenvalue weighted by atomic mass is 32.2. The molecule has 1 saturated heterocycles. The molecule has 3 aromatic carbocycles. The quantitative estimate of drug-likeness (QED) is 0.286. The molecule has 0 spiro atoms. The summed E-state index contributed by atoms with van der Waals surface area (Å²) in [5.74, 6) is -0.490. The van der Waals surface area contributed by atoms with Crippen molar-refractivity contribution >= 4 is 29.7 Å². The molecule has 1 fully saturated rings. The molecule has 1 aliphatic heterocycles.